The van der Waals surface area contributed by atoms with E-state index in [1.165, 1.54) is 11.3 Å². The topological polar surface area (TPSA) is 90.2 Å². The Kier molecular flexibility index (Phi) is 3.24. The Morgan fingerprint density at radius 1 is 0.800 bits per heavy atom. The van der Waals surface area contributed by atoms with Crippen molar-refractivity contribution in [3.05, 3.63) is 40.6 Å². The zero-order chi connectivity index (χ0) is 17.0. The van der Waals surface area contributed by atoms with Gasteiger partial charge in [0.2, 0.25) is 0 Å². The van der Waals surface area contributed by atoms with Crippen LogP contribution in [0, 0.1) is 0 Å². The van der Waals surface area contributed by atoms with E-state index in [2.05, 4.69) is 35.8 Å². The summed E-state index contributed by atoms with van der Waals surface area (Å²) in [7, 11) is 0. The lowest BCUT2D eigenvalue weighted by atomic mass is 10.00. The highest BCUT2D eigenvalue weighted by molar-refractivity contribution is 7.26. The van der Waals surface area contributed by atoms with Crippen molar-refractivity contribution in [3.63, 3.8) is 0 Å². The maximum Gasteiger partial charge on any atom is 0.188 e. The van der Waals surface area contributed by atoms with Gasteiger partial charge in [0.1, 0.15) is 10.3 Å². The molecule has 5 rings (SSSR count). The molecule has 0 aliphatic carbocycles. The van der Waals surface area contributed by atoms with Crippen molar-refractivity contribution in [2.24, 2.45) is 0 Å². The zero-order valence-electron chi connectivity index (χ0n) is 12.2. The minimum atomic E-state index is 0.228. The fraction of sp³-hybridized carbons (Fsp3) is 0. The maximum atomic E-state index is 6.34. The summed E-state index contributed by atoms with van der Waals surface area (Å²) >= 11 is 13.9. The Morgan fingerprint density at radius 2 is 1.56 bits per heavy atom. The highest BCUT2D eigenvalue weighted by Crippen LogP contribution is 2.43. The maximum absolute atomic E-state index is 6.34. The van der Waals surface area contributed by atoms with Crippen molar-refractivity contribution >= 4 is 66.0 Å². The summed E-state index contributed by atoms with van der Waals surface area (Å²) in [4.78, 5) is 5.28. The third-order valence-corrected chi connectivity index (χ3v) is 5.52. The number of benzene rings is 1. The molecule has 0 fully saturated rings. The Labute approximate surface area is 153 Å². The quantitative estimate of drug-likeness (QED) is 0.431. The third kappa shape index (κ3) is 2.15. The molecule has 1 aromatic carbocycles. The number of fused-ring (bicyclic) bond motifs is 4. The molecule has 4 heterocycles. The Morgan fingerprint density at radius 3 is 2.40 bits per heavy atom. The van der Waals surface area contributed by atoms with Gasteiger partial charge < -0.3 is 0 Å². The van der Waals surface area contributed by atoms with Crippen LogP contribution in [0.5, 0.6) is 0 Å². The van der Waals surface area contributed by atoms with Crippen molar-refractivity contribution in [1.82, 2.24) is 35.8 Å². The van der Waals surface area contributed by atoms with E-state index in [0.29, 0.717) is 26.1 Å². The van der Waals surface area contributed by atoms with Crippen molar-refractivity contribution in [2.45, 2.75) is 0 Å². The van der Waals surface area contributed by atoms with Crippen molar-refractivity contribution in [2.75, 3.05) is 0 Å². The lowest BCUT2D eigenvalue weighted by Gasteiger charge is -2.08. The second-order valence-corrected chi connectivity index (χ2v) is 6.89. The fourth-order valence-electron chi connectivity index (χ4n) is 2.81. The molecular weight excluding hydrogens is 381 g/mol. The summed E-state index contributed by atoms with van der Waals surface area (Å²) in [6.45, 7) is 0. The summed E-state index contributed by atoms with van der Waals surface area (Å²) in [6.07, 6.45) is 0. The van der Waals surface area contributed by atoms with Crippen LogP contribution in [0.25, 0.3) is 42.6 Å². The highest BCUT2D eigenvalue weighted by Gasteiger charge is 2.22. The summed E-state index contributed by atoms with van der Waals surface area (Å²) in [5, 5.41) is 25.2. The Balaban J connectivity index is 2.11. The average molecular weight is 386 g/mol. The molecule has 0 aliphatic heterocycles. The van der Waals surface area contributed by atoms with E-state index < -0.39 is 0 Å². The molecule has 0 unspecified atom stereocenters. The molecule has 0 aliphatic rings. The molecule has 0 bridgehead atoms. The van der Waals surface area contributed by atoms with E-state index >= 15 is 0 Å². The summed E-state index contributed by atoms with van der Waals surface area (Å²) in [5.74, 6) is 0. The summed E-state index contributed by atoms with van der Waals surface area (Å²) < 4.78 is 0.712. The van der Waals surface area contributed by atoms with Crippen molar-refractivity contribution < 1.29 is 0 Å². The number of halogens is 2. The first-order valence-corrected chi connectivity index (χ1v) is 8.66. The van der Waals surface area contributed by atoms with Crippen LogP contribution >= 0.6 is 34.5 Å². The Bertz CT molecular complexity index is 1270. The number of nitrogens with zero attached hydrogens (tertiary/aromatic N) is 7. The number of hydrogen-bond donors (Lipinski definition) is 0. The minimum Gasteiger partial charge on any atom is -0.215 e. The molecule has 5 aromatic rings. The van der Waals surface area contributed by atoms with Gasteiger partial charge in [0.15, 0.2) is 16.0 Å². The van der Waals surface area contributed by atoms with E-state index in [1.54, 1.807) is 0 Å². The van der Waals surface area contributed by atoms with E-state index in [-0.39, 0.29) is 10.3 Å². The SMILES string of the molecule is Clc1nnnc2c1sc1nc3nnnc(Cl)c3c(-c3ccccc3)c12. The summed E-state index contributed by atoms with van der Waals surface area (Å²) in [5.41, 5.74) is 2.80. The van der Waals surface area contributed by atoms with Crippen LogP contribution in [0.2, 0.25) is 10.3 Å². The van der Waals surface area contributed by atoms with Crippen LogP contribution in [-0.4, -0.2) is 35.8 Å². The van der Waals surface area contributed by atoms with Gasteiger partial charge in [0.25, 0.3) is 0 Å². The van der Waals surface area contributed by atoms with Gasteiger partial charge in [0.05, 0.1) is 10.1 Å². The molecule has 0 saturated carbocycles. The number of rotatable bonds is 1. The molecule has 10 heteroatoms. The molecular formula is C15H5Cl2N7S. The largest absolute Gasteiger partial charge is 0.215 e. The highest BCUT2D eigenvalue weighted by atomic mass is 35.5. The number of aromatic nitrogens is 7. The predicted molar refractivity (Wildman–Crippen MR) is 96.9 cm³/mol. The number of pyridine rings is 1. The van der Waals surface area contributed by atoms with Crippen LogP contribution in [0.4, 0.5) is 0 Å². The smallest absolute Gasteiger partial charge is 0.188 e. The number of hydrogen-bond acceptors (Lipinski definition) is 8. The zero-order valence-corrected chi connectivity index (χ0v) is 14.5. The molecule has 4 aromatic heterocycles. The standard InChI is InChI=1S/C15H5Cl2N7S/c16-12-9-7(6-4-2-1-3-5-6)8-10-11(13(17)21-23-19-10)25-15(8)18-14(9)22-24-20-12/h1-5H. The van der Waals surface area contributed by atoms with Crippen LogP contribution in [0.15, 0.2) is 30.3 Å². The van der Waals surface area contributed by atoms with Crippen molar-refractivity contribution in [3.8, 4) is 11.1 Å². The normalized spacial score (nSPS) is 11.6. The van der Waals surface area contributed by atoms with E-state index in [9.17, 15) is 0 Å². The monoisotopic (exact) mass is 385 g/mol. The van der Waals surface area contributed by atoms with Crippen LogP contribution in [0.1, 0.15) is 0 Å². The Hall–Kier alpha value is -2.55. The van der Waals surface area contributed by atoms with Crippen LogP contribution in [-0.2, 0) is 0 Å². The lowest BCUT2D eigenvalue weighted by molar-refractivity contribution is 0.888. The van der Waals surface area contributed by atoms with Gasteiger partial charge in [-0.05, 0) is 16.0 Å². The molecule has 120 valence electrons. The van der Waals surface area contributed by atoms with Gasteiger partial charge in [0, 0.05) is 10.9 Å². The van der Waals surface area contributed by atoms with Gasteiger partial charge in [-0.2, -0.15) is 0 Å². The van der Waals surface area contributed by atoms with Gasteiger partial charge in [-0.3, -0.25) is 0 Å². The van der Waals surface area contributed by atoms with Gasteiger partial charge in [-0.25, -0.2) is 4.98 Å². The molecule has 0 N–H and O–H groups in total. The first-order chi connectivity index (χ1) is 12.2. The fourth-order valence-corrected chi connectivity index (χ4v) is 4.25. The molecule has 0 saturated heterocycles. The lowest BCUT2D eigenvalue weighted by Crippen LogP contribution is -1.96. The van der Waals surface area contributed by atoms with E-state index in [0.717, 1.165) is 16.5 Å². The molecule has 0 spiro atoms. The predicted octanol–water partition coefficient (Wildman–Crippen LogP) is 3.95. The molecule has 7 nitrogen and oxygen atoms in total. The van der Waals surface area contributed by atoms with Gasteiger partial charge in [-0.15, -0.1) is 31.7 Å². The average Bonchev–Trinajstić information content (AvgIpc) is 3.01. The first-order valence-electron chi connectivity index (χ1n) is 7.09. The van der Waals surface area contributed by atoms with E-state index in [4.69, 9.17) is 23.2 Å². The molecule has 0 radical (unpaired) electrons. The molecule has 25 heavy (non-hydrogen) atoms. The van der Waals surface area contributed by atoms with Crippen molar-refractivity contribution in [1.29, 1.82) is 0 Å². The second kappa shape index (κ2) is 5.48. The molecule has 0 amide bonds. The van der Waals surface area contributed by atoms with Gasteiger partial charge >= 0.3 is 0 Å². The van der Waals surface area contributed by atoms with Crippen LogP contribution in [0.3, 0.4) is 0 Å². The second-order valence-electron chi connectivity index (χ2n) is 5.17. The third-order valence-electron chi connectivity index (χ3n) is 3.80. The van der Waals surface area contributed by atoms with Crippen LogP contribution < -0.4 is 0 Å². The molecule has 0 atom stereocenters. The summed E-state index contributed by atoms with van der Waals surface area (Å²) in [6, 6.07) is 9.78. The minimum absolute atomic E-state index is 0.228. The van der Waals surface area contributed by atoms with E-state index in [1.807, 2.05) is 30.3 Å². The first kappa shape index (κ1) is 14.8. The van der Waals surface area contributed by atoms with Gasteiger partial charge in [-0.1, -0.05) is 53.5 Å². The number of thiophene rings is 1.